The van der Waals surface area contributed by atoms with E-state index in [1.165, 1.54) is 0 Å². The van der Waals surface area contributed by atoms with Crippen LogP contribution in [-0.4, -0.2) is 15.1 Å². The smallest absolute Gasteiger partial charge is 0.147 e. The van der Waals surface area contributed by atoms with Crippen LogP contribution >= 0.6 is 22.9 Å². The lowest BCUT2D eigenvalue weighted by Gasteiger charge is -2.21. The number of nitrogens with zero attached hydrogens (tertiary/aromatic N) is 2. The van der Waals surface area contributed by atoms with Crippen LogP contribution in [0, 0.1) is 0 Å². The highest BCUT2D eigenvalue weighted by Gasteiger charge is 2.22. The number of phenolic OH excluding ortho intramolecular Hbond substituents is 1. The number of hydrogen-bond acceptors (Lipinski definition) is 5. The molecule has 0 saturated heterocycles. The number of thiophene rings is 1. The van der Waals surface area contributed by atoms with E-state index in [4.69, 9.17) is 11.6 Å². The highest BCUT2D eigenvalue weighted by molar-refractivity contribution is 7.08. The van der Waals surface area contributed by atoms with Crippen molar-refractivity contribution in [1.29, 1.82) is 0 Å². The highest BCUT2D eigenvalue weighted by Crippen LogP contribution is 2.39. The Bertz CT molecular complexity index is 1010. The zero-order chi connectivity index (χ0) is 17.2. The molecule has 1 aromatic carbocycles. The Morgan fingerprint density at radius 3 is 2.72 bits per heavy atom. The summed E-state index contributed by atoms with van der Waals surface area (Å²) in [5.74, 6) is 0.843. The molecular weight excluding hydrogens is 354 g/mol. The number of phenols is 1. The molecule has 0 saturated carbocycles. The third-order valence-electron chi connectivity index (χ3n) is 3.99. The van der Waals surface area contributed by atoms with Crippen LogP contribution in [0.1, 0.15) is 17.2 Å². The number of pyridine rings is 2. The van der Waals surface area contributed by atoms with E-state index in [2.05, 4.69) is 15.3 Å². The average molecular weight is 368 g/mol. The van der Waals surface area contributed by atoms with Crippen molar-refractivity contribution in [3.05, 3.63) is 81.8 Å². The van der Waals surface area contributed by atoms with E-state index in [1.54, 1.807) is 35.9 Å². The summed E-state index contributed by atoms with van der Waals surface area (Å²) in [4.78, 5) is 8.63. The summed E-state index contributed by atoms with van der Waals surface area (Å²) >= 11 is 8.05. The lowest BCUT2D eigenvalue weighted by molar-refractivity contribution is 0.472. The van der Waals surface area contributed by atoms with Gasteiger partial charge in [-0.1, -0.05) is 17.7 Å². The zero-order valence-corrected chi connectivity index (χ0v) is 14.6. The molecule has 0 bridgehead atoms. The zero-order valence-electron chi connectivity index (χ0n) is 13.1. The van der Waals surface area contributed by atoms with Crippen molar-refractivity contribution >= 4 is 39.7 Å². The molecule has 2 N–H and O–H groups in total. The Labute approximate surface area is 153 Å². The summed E-state index contributed by atoms with van der Waals surface area (Å²) in [5.41, 5.74) is 2.19. The van der Waals surface area contributed by atoms with E-state index in [-0.39, 0.29) is 11.8 Å². The molecule has 0 fully saturated rings. The molecule has 0 aliphatic carbocycles. The van der Waals surface area contributed by atoms with E-state index in [0.717, 1.165) is 16.8 Å². The number of halogens is 1. The van der Waals surface area contributed by atoms with E-state index in [9.17, 15) is 5.11 Å². The van der Waals surface area contributed by atoms with Gasteiger partial charge in [0.05, 0.1) is 11.1 Å². The normalized spacial score (nSPS) is 12.2. The van der Waals surface area contributed by atoms with E-state index in [0.29, 0.717) is 16.1 Å². The standard InChI is InChI=1S/C19H14ClN3OS/c20-15-10-14(19(24)18-13(15)4-3-8-22-18)17(12-6-9-25-11-12)23-16-5-1-2-7-21-16/h1-11,17,24H,(H,21,23)/t17-/m0/s1. The molecule has 3 heterocycles. The van der Waals surface area contributed by atoms with Crippen LogP contribution in [0.5, 0.6) is 5.75 Å². The second-order valence-electron chi connectivity index (χ2n) is 5.54. The predicted octanol–water partition coefficient (Wildman–Crippen LogP) is 5.25. The summed E-state index contributed by atoms with van der Waals surface area (Å²) in [6.07, 6.45) is 3.37. The number of aromatic nitrogens is 2. The number of hydrogen-bond donors (Lipinski definition) is 2. The topological polar surface area (TPSA) is 58.0 Å². The van der Waals surface area contributed by atoms with Gasteiger partial charge >= 0.3 is 0 Å². The SMILES string of the molecule is Oc1c([C@@H](Nc2ccccn2)c2ccsc2)cc(Cl)c2cccnc12. The summed E-state index contributed by atoms with van der Waals surface area (Å²) in [6, 6.07) is 12.8. The van der Waals surface area contributed by atoms with E-state index in [1.807, 2.05) is 41.1 Å². The molecule has 0 spiro atoms. The minimum Gasteiger partial charge on any atom is -0.505 e. The van der Waals surface area contributed by atoms with E-state index >= 15 is 0 Å². The second-order valence-corrected chi connectivity index (χ2v) is 6.73. The van der Waals surface area contributed by atoms with Crippen molar-refractivity contribution in [2.24, 2.45) is 0 Å². The lowest BCUT2D eigenvalue weighted by atomic mass is 9.98. The van der Waals surface area contributed by atoms with Gasteiger partial charge in [0.15, 0.2) is 0 Å². The average Bonchev–Trinajstić information content (AvgIpc) is 3.18. The Morgan fingerprint density at radius 1 is 1.08 bits per heavy atom. The van der Waals surface area contributed by atoms with Crippen LogP contribution < -0.4 is 5.32 Å². The number of benzene rings is 1. The first-order chi connectivity index (χ1) is 12.2. The van der Waals surface area contributed by atoms with Crippen molar-refractivity contribution in [3.63, 3.8) is 0 Å². The van der Waals surface area contributed by atoms with Crippen molar-refractivity contribution in [1.82, 2.24) is 9.97 Å². The van der Waals surface area contributed by atoms with Crippen LogP contribution in [0.2, 0.25) is 5.02 Å². The largest absolute Gasteiger partial charge is 0.505 e. The maximum atomic E-state index is 10.8. The number of anilines is 1. The van der Waals surface area contributed by atoms with Gasteiger partial charge in [0, 0.05) is 23.3 Å². The first-order valence-electron chi connectivity index (χ1n) is 7.70. The van der Waals surface area contributed by atoms with Crippen LogP contribution in [0.15, 0.2) is 65.6 Å². The van der Waals surface area contributed by atoms with Gasteiger partial charge in [-0.2, -0.15) is 11.3 Å². The minimum absolute atomic E-state index is 0.125. The van der Waals surface area contributed by atoms with Gasteiger partial charge in [0.1, 0.15) is 17.1 Å². The number of nitrogens with one attached hydrogen (secondary N) is 1. The quantitative estimate of drug-likeness (QED) is 0.517. The molecule has 0 aliphatic rings. The molecule has 1 atom stereocenters. The van der Waals surface area contributed by atoms with Crippen molar-refractivity contribution in [2.75, 3.05) is 5.32 Å². The molecule has 0 unspecified atom stereocenters. The number of aromatic hydroxyl groups is 1. The van der Waals surface area contributed by atoms with Gasteiger partial charge in [-0.25, -0.2) is 4.98 Å². The molecule has 4 rings (SSSR count). The molecule has 0 aliphatic heterocycles. The summed E-state index contributed by atoms with van der Waals surface area (Å²) in [6.45, 7) is 0. The molecule has 0 amide bonds. The lowest BCUT2D eigenvalue weighted by Crippen LogP contribution is -2.13. The second kappa shape index (κ2) is 6.70. The molecule has 6 heteroatoms. The third kappa shape index (κ3) is 3.04. The van der Waals surface area contributed by atoms with Gasteiger partial charge < -0.3 is 10.4 Å². The fourth-order valence-electron chi connectivity index (χ4n) is 2.80. The Morgan fingerprint density at radius 2 is 1.96 bits per heavy atom. The molecule has 25 heavy (non-hydrogen) atoms. The first-order valence-corrected chi connectivity index (χ1v) is 9.02. The monoisotopic (exact) mass is 367 g/mol. The molecule has 4 nitrogen and oxygen atoms in total. The van der Waals surface area contributed by atoms with Crippen LogP contribution in [-0.2, 0) is 0 Å². The summed E-state index contributed by atoms with van der Waals surface area (Å²) < 4.78 is 0. The van der Waals surface area contributed by atoms with Crippen molar-refractivity contribution in [2.45, 2.75) is 6.04 Å². The fraction of sp³-hybridized carbons (Fsp3) is 0.0526. The van der Waals surface area contributed by atoms with Crippen LogP contribution in [0.3, 0.4) is 0 Å². The van der Waals surface area contributed by atoms with Gasteiger partial charge in [0.2, 0.25) is 0 Å². The van der Waals surface area contributed by atoms with Gasteiger partial charge in [-0.05, 0) is 52.7 Å². The molecule has 4 aromatic rings. The molecule has 124 valence electrons. The summed E-state index contributed by atoms with van der Waals surface area (Å²) in [7, 11) is 0. The minimum atomic E-state index is -0.287. The van der Waals surface area contributed by atoms with Crippen LogP contribution in [0.25, 0.3) is 10.9 Å². The third-order valence-corrected chi connectivity index (χ3v) is 5.00. The Balaban J connectivity index is 1.88. The fourth-order valence-corrected chi connectivity index (χ4v) is 3.76. The van der Waals surface area contributed by atoms with Crippen molar-refractivity contribution < 1.29 is 5.11 Å². The summed E-state index contributed by atoms with van der Waals surface area (Å²) in [5, 5.41) is 19.5. The number of rotatable bonds is 4. The molecule has 3 aromatic heterocycles. The first kappa shape index (κ1) is 15.9. The van der Waals surface area contributed by atoms with Gasteiger partial charge in [-0.15, -0.1) is 0 Å². The predicted molar refractivity (Wildman–Crippen MR) is 102 cm³/mol. The number of fused-ring (bicyclic) bond motifs is 1. The maximum absolute atomic E-state index is 10.8. The van der Waals surface area contributed by atoms with Crippen LogP contribution in [0.4, 0.5) is 5.82 Å². The van der Waals surface area contributed by atoms with Crippen molar-refractivity contribution in [3.8, 4) is 5.75 Å². The maximum Gasteiger partial charge on any atom is 0.147 e. The van der Waals surface area contributed by atoms with Gasteiger partial charge in [-0.3, -0.25) is 4.98 Å². The Hall–Kier alpha value is -2.63. The highest BCUT2D eigenvalue weighted by atomic mass is 35.5. The Kier molecular flexibility index (Phi) is 4.26. The molecular formula is C19H14ClN3OS. The molecule has 0 radical (unpaired) electrons. The van der Waals surface area contributed by atoms with E-state index < -0.39 is 0 Å². The van der Waals surface area contributed by atoms with Gasteiger partial charge in [0.25, 0.3) is 0 Å².